The minimum Gasteiger partial charge on any atom is -0.383 e. The lowest BCUT2D eigenvalue weighted by Gasteiger charge is -2.05. The molecule has 0 saturated heterocycles. The average Bonchev–Trinajstić information content (AvgIpc) is 3.10. The summed E-state index contributed by atoms with van der Waals surface area (Å²) in [6, 6.07) is 14.0. The fourth-order valence-electron chi connectivity index (χ4n) is 2.97. The van der Waals surface area contributed by atoms with E-state index in [9.17, 15) is 0 Å². The van der Waals surface area contributed by atoms with Crippen LogP contribution in [0, 0.1) is 0 Å². The standard InChI is InChI=1S/C20H18ClN5O/c1-27-10-9-22-17-8-7-14(11-23-17)16-12-26(15-5-3-2-4-6-15)20-18(16)19(21)24-13-25-20/h2-8,11-13H,9-10H2,1H3,(H,22,23). The van der Waals surface area contributed by atoms with E-state index in [1.54, 1.807) is 7.11 Å². The molecule has 3 heterocycles. The van der Waals surface area contributed by atoms with Crippen LogP contribution in [-0.2, 0) is 4.74 Å². The molecule has 0 aliphatic heterocycles. The van der Waals surface area contributed by atoms with E-state index in [0.29, 0.717) is 18.3 Å². The monoisotopic (exact) mass is 379 g/mol. The van der Waals surface area contributed by atoms with Crippen molar-refractivity contribution in [2.24, 2.45) is 0 Å². The van der Waals surface area contributed by atoms with Gasteiger partial charge < -0.3 is 14.6 Å². The third-order valence-corrected chi connectivity index (χ3v) is 4.54. The summed E-state index contributed by atoms with van der Waals surface area (Å²) in [6.45, 7) is 1.33. The zero-order chi connectivity index (χ0) is 18.6. The Morgan fingerprint density at radius 1 is 1.07 bits per heavy atom. The first-order valence-corrected chi connectivity index (χ1v) is 8.92. The lowest BCUT2D eigenvalue weighted by Crippen LogP contribution is -2.08. The second-order valence-electron chi connectivity index (χ2n) is 5.96. The summed E-state index contributed by atoms with van der Waals surface area (Å²) >= 11 is 6.42. The smallest absolute Gasteiger partial charge is 0.150 e. The van der Waals surface area contributed by atoms with Crippen molar-refractivity contribution in [2.75, 3.05) is 25.6 Å². The molecule has 4 aromatic rings. The molecular weight excluding hydrogens is 362 g/mol. The maximum absolute atomic E-state index is 6.42. The van der Waals surface area contributed by atoms with Gasteiger partial charge in [0.05, 0.1) is 12.0 Å². The summed E-state index contributed by atoms with van der Waals surface area (Å²) in [5, 5.41) is 4.45. The SMILES string of the molecule is COCCNc1ccc(-c2cn(-c3ccccc3)c3ncnc(Cl)c23)cn1. The van der Waals surface area contributed by atoms with Gasteiger partial charge in [-0.1, -0.05) is 29.8 Å². The van der Waals surface area contributed by atoms with E-state index in [0.717, 1.165) is 33.7 Å². The molecule has 0 aliphatic carbocycles. The van der Waals surface area contributed by atoms with Gasteiger partial charge >= 0.3 is 0 Å². The van der Waals surface area contributed by atoms with Gasteiger partial charge in [0.15, 0.2) is 0 Å². The highest BCUT2D eigenvalue weighted by molar-refractivity contribution is 6.35. The molecule has 136 valence electrons. The van der Waals surface area contributed by atoms with Gasteiger partial charge in [-0.2, -0.15) is 0 Å². The van der Waals surface area contributed by atoms with Gasteiger partial charge in [-0.15, -0.1) is 0 Å². The maximum atomic E-state index is 6.42. The molecule has 4 rings (SSSR count). The van der Waals surface area contributed by atoms with Crippen molar-refractivity contribution in [3.63, 3.8) is 0 Å². The quantitative estimate of drug-likeness (QED) is 0.402. The zero-order valence-electron chi connectivity index (χ0n) is 14.8. The van der Waals surface area contributed by atoms with Crippen LogP contribution in [-0.4, -0.2) is 39.8 Å². The van der Waals surface area contributed by atoms with Crippen LogP contribution < -0.4 is 5.32 Å². The number of hydrogen-bond acceptors (Lipinski definition) is 5. The number of ether oxygens (including phenoxy) is 1. The van der Waals surface area contributed by atoms with E-state index in [4.69, 9.17) is 16.3 Å². The number of nitrogens with zero attached hydrogens (tertiary/aromatic N) is 4. The molecule has 0 bridgehead atoms. The van der Waals surface area contributed by atoms with Gasteiger partial charge in [-0.25, -0.2) is 15.0 Å². The molecule has 0 atom stereocenters. The topological polar surface area (TPSA) is 64.9 Å². The molecule has 1 N–H and O–H groups in total. The van der Waals surface area contributed by atoms with Crippen molar-refractivity contribution in [1.29, 1.82) is 0 Å². The third-order valence-electron chi connectivity index (χ3n) is 4.26. The Morgan fingerprint density at radius 3 is 2.67 bits per heavy atom. The number of benzene rings is 1. The molecule has 0 spiro atoms. The summed E-state index contributed by atoms with van der Waals surface area (Å²) < 4.78 is 7.06. The van der Waals surface area contributed by atoms with Gasteiger partial charge in [0.25, 0.3) is 0 Å². The van der Waals surface area contributed by atoms with Crippen molar-refractivity contribution in [1.82, 2.24) is 19.5 Å². The Balaban J connectivity index is 1.78. The Labute approximate surface area is 161 Å². The molecule has 0 radical (unpaired) electrons. The molecule has 0 unspecified atom stereocenters. The molecule has 6 nitrogen and oxygen atoms in total. The minimum atomic E-state index is 0.423. The molecule has 7 heteroatoms. The predicted octanol–water partition coefficient (Wildman–Crippen LogP) is 4.19. The molecule has 0 fully saturated rings. The highest BCUT2D eigenvalue weighted by Crippen LogP contribution is 2.34. The van der Waals surface area contributed by atoms with E-state index >= 15 is 0 Å². The van der Waals surface area contributed by atoms with Crippen LogP contribution in [0.2, 0.25) is 5.15 Å². The molecule has 0 saturated carbocycles. The molecule has 0 amide bonds. The van der Waals surface area contributed by atoms with E-state index in [2.05, 4.69) is 20.3 Å². The number of nitrogens with one attached hydrogen (secondary N) is 1. The number of para-hydroxylation sites is 1. The number of methoxy groups -OCH3 is 1. The van der Waals surface area contributed by atoms with Crippen LogP contribution in [0.25, 0.3) is 27.8 Å². The normalized spacial score (nSPS) is 11.0. The van der Waals surface area contributed by atoms with Crippen LogP contribution in [0.5, 0.6) is 0 Å². The summed E-state index contributed by atoms with van der Waals surface area (Å²) in [5.74, 6) is 0.796. The van der Waals surface area contributed by atoms with E-state index in [1.807, 2.05) is 59.4 Å². The lowest BCUT2D eigenvalue weighted by molar-refractivity contribution is 0.210. The van der Waals surface area contributed by atoms with Crippen molar-refractivity contribution >= 4 is 28.5 Å². The van der Waals surface area contributed by atoms with Crippen LogP contribution in [0.4, 0.5) is 5.82 Å². The molecular formula is C20H18ClN5O. The van der Waals surface area contributed by atoms with Crippen molar-refractivity contribution in [3.05, 3.63) is 66.3 Å². The Bertz CT molecular complexity index is 1050. The number of halogens is 1. The largest absolute Gasteiger partial charge is 0.383 e. The fourth-order valence-corrected chi connectivity index (χ4v) is 3.20. The number of anilines is 1. The zero-order valence-corrected chi connectivity index (χ0v) is 15.5. The Hall–Kier alpha value is -2.96. The van der Waals surface area contributed by atoms with E-state index < -0.39 is 0 Å². The summed E-state index contributed by atoms with van der Waals surface area (Å²) in [6.07, 6.45) is 5.33. The fraction of sp³-hybridized carbons (Fsp3) is 0.150. The highest BCUT2D eigenvalue weighted by atomic mass is 35.5. The summed E-state index contributed by atoms with van der Waals surface area (Å²) in [7, 11) is 1.67. The maximum Gasteiger partial charge on any atom is 0.150 e. The molecule has 1 aromatic carbocycles. The molecule has 3 aromatic heterocycles. The average molecular weight is 380 g/mol. The summed E-state index contributed by atoms with van der Waals surface area (Å²) in [4.78, 5) is 13.1. The highest BCUT2D eigenvalue weighted by Gasteiger charge is 2.16. The first kappa shape index (κ1) is 17.5. The van der Waals surface area contributed by atoms with Crippen molar-refractivity contribution in [3.8, 4) is 16.8 Å². The number of hydrogen-bond donors (Lipinski definition) is 1. The number of aromatic nitrogens is 4. The number of fused-ring (bicyclic) bond motifs is 1. The lowest BCUT2D eigenvalue weighted by atomic mass is 10.1. The van der Waals surface area contributed by atoms with Crippen molar-refractivity contribution < 1.29 is 4.74 Å². The van der Waals surface area contributed by atoms with Gasteiger partial charge in [0, 0.05) is 42.9 Å². The van der Waals surface area contributed by atoms with Crippen LogP contribution in [0.3, 0.4) is 0 Å². The third kappa shape index (κ3) is 3.49. The van der Waals surface area contributed by atoms with Crippen LogP contribution in [0.15, 0.2) is 61.2 Å². The Morgan fingerprint density at radius 2 is 1.93 bits per heavy atom. The van der Waals surface area contributed by atoms with Crippen LogP contribution in [0.1, 0.15) is 0 Å². The van der Waals surface area contributed by atoms with E-state index in [1.165, 1.54) is 6.33 Å². The second kappa shape index (κ2) is 7.73. The van der Waals surface area contributed by atoms with E-state index in [-0.39, 0.29) is 0 Å². The Kier molecular flexibility index (Phi) is 5.00. The van der Waals surface area contributed by atoms with Crippen molar-refractivity contribution in [2.45, 2.75) is 0 Å². The van der Waals surface area contributed by atoms with Gasteiger partial charge in [0.2, 0.25) is 0 Å². The predicted molar refractivity (Wildman–Crippen MR) is 107 cm³/mol. The minimum absolute atomic E-state index is 0.423. The first-order chi connectivity index (χ1) is 13.3. The van der Waals surface area contributed by atoms with Gasteiger partial charge in [0.1, 0.15) is 22.9 Å². The van der Waals surface area contributed by atoms with Gasteiger partial charge in [-0.3, -0.25) is 0 Å². The molecule has 0 aliphatic rings. The molecule has 27 heavy (non-hydrogen) atoms. The number of pyridine rings is 1. The second-order valence-corrected chi connectivity index (χ2v) is 6.32. The summed E-state index contributed by atoms with van der Waals surface area (Å²) in [5.41, 5.74) is 3.66. The first-order valence-electron chi connectivity index (χ1n) is 8.54. The van der Waals surface area contributed by atoms with Crippen LogP contribution >= 0.6 is 11.6 Å². The van der Waals surface area contributed by atoms with Gasteiger partial charge in [-0.05, 0) is 24.3 Å². The number of rotatable bonds is 6.